The summed E-state index contributed by atoms with van der Waals surface area (Å²) in [5, 5.41) is -3.09. The molecule has 0 aliphatic heterocycles. The standard InChI is InChI=1S/C30H15BClF10N/c32-31(43-14-8-3-9-15-43,19-22(35)26(39)29(42)27(40)23(19)36)30(16-10-4-1-5-11-16,17-12-6-2-7-13-17)18-20(33)24(37)28(41)25(38)21(18)34/h1-15H/t31-/m1/s1. The fourth-order valence-electron chi connectivity index (χ4n) is 5.64. The molecule has 0 spiro atoms. The quantitative estimate of drug-likeness (QED) is 0.0610. The number of aromatic nitrogens is 1. The van der Waals surface area contributed by atoms with Crippen LogP contribution >= 0.6 is 11.5 Å². The fraction of sp³-hybridized carbons (Fsp3) is 0.0333. The molecule has 0 bridgehead atoms. The van der Waals surface area contributed by atoms with Gasteiger partial charge in [-0.2, -0.15) is 0 Å². The Labute approximate surface area is 242 Å². The predicted molar refractivity (Wildman–Crippen MR) is 139 cm³/mol. The van der Waals surface area contributed by atoms with Crippen LogP contribution in [-0.4, -0.2) is 5.70 Å². The highest BCUT2D eigenvalue weighted by Crippen LogP contribution is 2.50. The average molecular weight is 626 g/mol. The minimum atomic E-state index is -4.47. The maximum absolute atomic E-state index is 16.1. The van der Waals surface area contributed by atoms with Gasteiger partial charge >= 0.3 is 5.70 Å². The first-order chi connectivity index (χ1) is 20.4. The number of nitrogens with zero attached hydrogens (tertiary/aromatic N) is 1. The highest BCUT2D eigenvalue weighted by Gasteiger charge is 2.64. The van der Waals surface area contributed by atoms with E-state index in [1.54, 1.807) is 0 Å². The lowest BCUT2D eigenvalue weighted by molar-refractivity contribution is -0.542. The van der Waals surface area contributed by atoms with Crippen LogP contribution < -0.4 is 9.94 Å². The second-order valence-corrected chi connectivity index (χ2v) is 10.1. The molecule has 0 saturated carbocycles. The molecule has 0 unspecified atom stereocenters. The number of benzene rings is 4. The lowest BCUT2D eigenvalue weighted by Crippen LogP contribution is -2.80. The number of hydrogen-bond donors (Lipinski definition) is 0. The summed E-state index contributed by atoms with van der Waals surface area (Å²) in [6, 6.07) is 16.1. The maximum atomic E-state index is 16.1. The molecular weight excluding hydrogens is 611 g/mol. The summed E-state index contributed by atoms with van der Waals surface area (Å²) in [4.78, 5) is 0. The van der Waals surface area contributed by atoms with Gasteiger partial charge < -0.3 is 4.48 Å². The van der Waals surface area contributed by atoms with E-state index in [0.29, 0.717) is 0 Å². The zero-order valence-corrected chi connectivity index (χ0v) is 22.1. The third-order valence-electron chi connectivity index (χ3n) is 7.41. The van der Waals surface area contributed by atoms with Crippen molar-refractivity contribution in [2.45, 2.75) is 5.31 Å². The Bertz CT molecular complexity index is 1740. The molecule has 1 heterocycles. The topological polar surface area (TPSA) is 3.88 Å². The molecular formula is C30H15BClF10N. The summed E-state index contributed by atoms with van der Waals surface area (Å²) in [5.74, 6) is -24.8. The maximum Gasteiger partial charge on any atom is 0.413 e. The van der Waals surface area contributed by atoms with Crippen molar-refractivity contribution in [2.24, 2.45) is 0 Å². The molecule has 5 rings (SSSR count). The van der Waals surface area contributed by atoms with Crippen molar-refractivity contribution in [1.82, 2.24) is 0 Å². The van der Waals surface area contributed by atoms with E-state index >= 15 is 26.3 Å². The van der Waals surface area contributed by atoms with Crippen molar-refractivity contribution in [1.29, 1.82) is 0 Å². The van der Waals surface area contributed by atoms with Crippen molar-refractivity contribution in [3.05, 3.63) is 166 Å². The second kappa shape index (κ2) is 11.1. The lowest BCUT2D eigenvalue weighted by Gasteiger charge is -2.49. The number of hydrogen-bond acceptors (Lipinski definition) is 0. The van der Waals surface area contributed by atoms with E-state index in [-0.39, 0.29) is 0 Å². The minimum absolute atomic E-state index is 0.417. The van der Waals surface area contributed by atoms with Crippen LogP contribution in [0.4, 0.5) is 43.9 Å². The Morgan fingerprint density at radius 1 is 0.442 bits per heavy atom. The highest BCUT2D eigenvalue weighted by molar-refractivity contribution is 7.24. The minimum Gasteiger partial charge on any atom is -0.408 e. The molecule has 0 aliphatic carbocycles. The molecule has 0 N–H and O–H groups in total. The van der Waals surface area contributed by atoms with Gasteiger partial charge in [-0.3, -0.25) is 11.5 Å². The Balaban J connectivity index is 2.21. The van der Waals surface area contributed by atoms with Crippen molar-refractivity contribution >= 4 is 22.6 Å². The number of rotatable bonds is 6. The average Bonchev–Trinajstić information content (AvgIpc) is 3.04. The van der Waals surface area contributed by atoms with Crippen molar-refractivity contribution < 1.29 is 48.4 Å². The third-order valence-corrected chi connectivity index (χ3v) is 8.18. The van der Waals surface area contributed by atoms with Gasteiger partial charge in [0.1, 0.15) is 24.0 Å². The summed E-state index contributed by atoms with van der Waals surface area (Å²) < 4.78 is 153. The smallest absolute Gasteiger partial charge is 0.408 e. The SMILES string of the molecule is Fc1c(F)c(F)c([B@@-](Cl)([n+]2ccccc2)C(c2ccccc2)(c2ccccc2)c2c(F)c(F)c(F)c(F)c2F)c(F)c1F. The molecule has 0 amide bonds. The van der Waals surface area contributed by atoms with E-state index < -0.39 is 91.3 Å². The van der Waals surface area contributed by atoms with Crippen LogP contribution in [0.15, 0.2) is 91.3 Å². The molecule has 220 valence electrons. The summed E-state index contributed by atoms with van der Waals surface area (Å²) in [5.41, 5.74) is -8.77. The summed E-state index contributed by atoms with van der Waals surface area (Å²) in [6.45, 7) is 0. The first-order valence-electron chi connectivity index (χ1n) is 12.4. The van der Waals surface area contributed by atoms with E-state index in [9.17, 15) is 17.6 Å². The van der Waals surface area contributed by atoms with E-state index in [0.717, 1.165) is 41.1 Å². The third kappa shape index (κ3) is 4.22. The summed E-state index contributed by atoms with van der Waals surface area (Å²) in [7, 11) is 0. The van der Waals surface area contributed by atoms with E-state index in [4.69, 9.17) is 11.5 Å². The first kappa shape index (κ1) is 30.2. The Kier molecular flexibility index (Phi) is 7.76. The van der Waals surface area contributed by atoms with Gasteiger partial charge in [0.15, 0.2) is 40.7 Å². The Morgan fingerprint density at radius 3 is 1.16 bits per heavy atom. The first-order valence-corrected chi connectivity index (χ1v) is 12.8. The van der Waals surface area contributed by atoms with Crippen LogP contribution in [0.5, 0.6) is 0 Å². The highest BCUT2D eigenvalue weighted by atomic mass is 35.5. The zero-order valence-electron chi connectivity index (χ0n) is 21.3. The van der Waals surface area contributed by atoms with Crippen LogP contribution in [0.25, 0.3) is 0 Å². The van der Waals surface area contributed by atoms with Crippen LogP contribution in [0, 0.1) is 58.2 Å². The number of halogens is 11. The molecule has 5 aromatic rings. The predicted octanol–water partition coefficient (Wildman–Crippen LogP) is 7.38. The largest absolute Gasteiger partial charge is 0.413 e. The van der Waals surface area contributed by atoms with Crippen molar-refractivity contribution in [2.75, 3.05) is 0 Å². The molecule has 1 nitrogen and oxygen atoms in total. The van der Waals surface area contributed by atoms with Gasteiger partial charge in [-0.05, 0) is 17.6 Å². The van der Waals surface area contributed by atoms with E-state index in [1.165, 1.54) is 54.6 Å². The monoisotopic (exact) mass is 625 g/mol. The number of pyridine rings is 1. The molecule has 0 radical (unpaired) electrons. The molecule has 4 aromatic carbocycles. The molecule has 0 aliphatic rings. The van der Waals surface area contributed by atoms with Gasteiger partial charge in [-0.1, -0.05) is 77.9 Å². The molecule has 43 heavy (non-hydrogen) atoms. The van der Waals surface area contributed by atoms with Crippen LogP contribution in [0.3, 0.4) is 0 Å². The van der Waals surface area contributed by atoms with Gasteiger partial charge in [0.25, 0.3) is 0 Å². The fourth-order valence-corrected chi connectivity index (χ4v) is 6.32. The molecule has 1 aromatic heterocycles. The normalized spacial score (nSPS) is 13.2. The van der Waals surface area contributed by atoms with E-state index in [2.05, 4.69) is 0 Å². The van der Waals surface area contributed by atoms with Crippen LogP contribution in [0.1, 0.15) is 16.7 Å². The Morgan fingerprint density at radius 2 is 0.767 bits per heavy atom. The summed E-state index contributed by atoms with van der Waals surface area (Å²) >= 11 is 7.23. The lowest BCUT2D eigenvalue weighted by atomic mass is 9.30. The second-order valence-electron chi connectivity index (χ2n) is 9.51. The molecule has 1 atom stereocenters. The molecule has 0 fully saturated rings. The molecule has 13 heteroatoms. The zero-order chi connectivity index (χ0) is 31.3. The Hall–Kier alpha value is -4.32. The van der Waals surface area contributed by atoms with Gasteiger partial charge in [0, 0.05) is 10.9 Å². The molecule has 0 saturated heterocycles. The van der Waals surface area contributed by atoms with Crippen molar-refractivity contribution in [3.8, 4) is 0 Å². The van der Waals surface area contributed by atoms with Crippen molar-refractivity contribution in [3.63, 3.8) is 0 Å². The van der Waals surface area contributed by atoms with Gasteiger partial charge in [-0.15, -0.1) is 0 Å². The van der Waals surface area contributed by atoms with E-state index in [1.807, 2.05) is 0 Å². The van der Waals surface area contributed by atoms with Crippen LogP contribution in [-0.2, 0) is 5.31 Å². The van der Waals surface area contributed by atoms with Crippen LogP contribution in [0.2, 0.25) is 0 Å². The van der Waals surface area contributed by atoms with Gasteiger partial charge in [0.05, 0.1) is 0 Å². The van der Waals surface area contributed by atoms with Gasteiger partial charge in [-0.25, -0.2) is 43.9 Å². The van der Waals surface area contributed by atoms with Gasteiger partial charge in [0.2, 0.25) is 5.82 Å². The summed E-state index contributed by atoms with van der Waals surface area (Å²) in [6.07, 6.45) is 2.00.